The Morgan fingerprint density at radius 2 is 2.19 bits per heavy atom. The van der Waals surface area contributed by atoms with Gasteiger partial charge in [-0.15, -0.1) is 0 Å². The number of hydrogen-bond donors (Lipinski definition) is 1. The number of amides is 1. The Balaban J connectivity index is 1.83. The van der Waals surface area contributed by atoms with Crippen molar-refractivity contribution in [1.82, 2.24) is 10.2 Å². The highest BCUT2D eigenvalue weighted by molar-refractivity contribution is 5.92. The topological polar surface area (TPSA) is 45.5 Å². The van der Waals surface area contributed by atoms with Gasteiger partial charge in [-0.25, -0.2) is 0 Å². The van der Waals surface area contributed by atoms with Crippen molar-refractivity contribution in [1.29, 1.82) is 0 Å². The van der Waals surface area contributed by atoms with E-state index in [-0.39, 0.29) is 5.91 Å². The second-order valence-corrected chi connectivity index (χ2v) is 4.49. The van der Waals surface area contributed by atoms with E-state index in [9.17, 15) is 4.79 Å². The van der Waals surface area contributed by atoms with Crippen LogP contribution in [0.5, 0.6) is 0 Å². The number of rotatable bonds is 1. The molecule has 1 fully saturated rings. The third-order valence-corrected chi connectivity index (χ3v) is 3.34. The van der Waals surface area contributed by atoms with Gasteiger partial charge >= 0.3 is 0 Å². The molecule has 4 heteroatoms. The molecule has 0 bridgehead atoms. The van der Waals surface area contributed by atoms with Crippen molar-refractivity contribution < 1.29 is 9.21 Å². The van der Waals surface area contributed by atoms with Crippen LogP contribution >= 0.6 is 0 Å². The first-order valence-corrected chi connectivity index (χ1v) is 5.96. The minimum atomic E-state index is 0.0619. The largest absolute Gasteiger partial charge is 0.456 e. The summed E-state index contributed by atoms with van der Waals surface area (Å²) in [6.07, 6.45) is 3.13. The summed E-state index contributed by atoms with van der Waals surface area (Å²) >= 11 is 0. The SMILES string of the molecule is O=C(c1cc2c(o1)CCNC2)N1CCCC1. The van der Waals surface area contributed by atoms with E-state index in [4.69, 9.17) is 4.42 Å². The number of fused-ring (bicyclic) bond motifs is 1. The number of carbonyl (C=O) groups excluding carboxylic acids is 1. The van der Waals surface area contributed by atoms with Gasteiger partial charge in [-0.3, -0.25) is 4.79 Å². The van der Waals surface area contributed by atoms with Crippen molar-refractivity contribution >= 4 is 5.91 Å². The van der Waals surface area contributed by atoms with Crippen molar-refractivity contribution in [3.8, 4) is 0 Å². The Hall–Kier alpha value is -1.29. The first kappa shape index (κ1) is 9.90. The van der Waals surface area contributed by atoms with E-state index in [1.807, 2.05) is 11.0 Å². The van der Waals surface area contributed by atoms with Crippen LogP contribution < -0.4 is 5.32 Å². The van der Waals surface area contributed by atoms with E-state index in [1.165, 1.54) is 0 Å². The number of likely N-dealkylation sites (tertiary alicyclic amines) is 1. The van der Waals surface area contributed by atoms with Crippen molar-refractivity contribution in [3.05, 3.63) is 23.2 Å². The molecule has 2 aliphatic heterocycles. The normalized spacial score (nSPS) is 19.9. The van der Waals surface area contributed by atoms with Gasteiger partial charge in [0.1, 0.15) is 5.76 Å². The van der Waals surface area contributed by atoms with Crippen LogP contribution in [-0.4, -0.2) is 30.4 Å². The second kappa shape index (κ2) is 3.94. The highest BCUT2D eigenvalue weighted by atomic mass is 16.4. The molecule has 1 aromatic heterocycles. The average molecular weight is 220 g/mol. The van der Waals surface area contributed by atoms with E-state index in [0.717, 1.165) is 56.8 Å². The van der Waals surface area contributed by atoms with Crippen molar-refractivity contribution in [2.75, 3.05) is 19.6 Å². The molecule has 3 rings (SSSR count). The van der Waals surface area contributed by atoms with Gasteiger partial charge in [0, 0.05) is 38.2 Å². The van der Waals surface area contributed by atoms with Crippen LogP contribution in [0.1, 0.15) is 34.7 Å². The minimum absolute atomic E-state index is 0.0619. The van der Waals surface area contributed by atoms with Gasteiger partial charge in [-0.2, -0.15) is 0 Å². The third-order valence-electron chi connectivity index (χ3n) is 3.34. The Morgan fingerprint density at radius 1 is 1.38 bits per heavy atom. The summed E-state index contributed by atoms with van der Waals surface area (Å²) in [6, 6.07) is 1.90. The average Bonchev–Trinajstić information content (AvgIpc) is 2.97. The van der Waals surface area contributed by atoms with E-state index in [0.29, 0.717) is 5.76 Å². The summed E-state index contributed by atoms with van der Waals surface area (Å²) in [6.45, 7) is 3.52. The zero-order valence-corrected chi connectivity index (χ0v) is 9.29. The highest BCUT2D eigenvalue weighted by Gasteiger charge is 2.24. The monoisotopic (exact) mass is 220 g/mol. The summed E-state index contributed by atoms with van der Waals surface area (Å²) in [5, 5.41) is 3.28. The Labute approximate surface area is 94.6 Å². The molecule has 0 unspecified atom stereocenters. The number of nitrogens with zero attached hydrogens (tertiary/aromatic N) is 1. The van der Waals surface area contributed by atoms with Crippen LogP contribution in [0.4, 0.5) is 0 Å². The summed E-state index contributed by atoms with van der Waals surface area (Å²) < 4.78 is 5.65. The summed E-state index contributed by atoms with van der Waals surface area (Å²) in [5.41, 5.74) is 1.15. The number of furan rings is 1. The predicted octanol–water partition coefficient (Wildman–Crippen LogP) is 1.16. The molecule has 4 nitrogen and oxygen atoms in total. The fourth-order valence-corrected chi connectivity index (χ4v) is 2.43. The van der Waals surface area contributed by atoms with Gasteiger partial charge in [0.15, 0.2) is 5.76 Å². The lowest BCUT2D eigenvalue weighted by Crippen LogP contribution is -2.27. The molecule has 3 heterocycles. The van der Waals surface area contributed by atoms with Gasteiger partial charge in [0.2, 0.25) is 0 Å². The van der Waals surface area contributed by atoms with E-state index in [1.54, 1.807) is 0 Å². The van der Waals surface area contributed by atoms with Crippen molar-refractivity contribution in [3.63, 3.8) is 0 Å². The number of nitrogens with one attached hydrogen (secondary N) is 1. The molecule has 2 aliphatic rings. The molecule has 1 N–H and O–H groups in total. The van der Waals surface area contributed by atoms with Crippen LogP contribution in [0.15, 0.2) is 10.5 Å². The number of carbonyl (C=O) groups is 1. The summed E-state index contributed by atoms with van der Waals surface area (Å²) in [7, 11) is 0. The number of hydrogen-bond acceptors (Lipinski definition) is 3. The molecule has 86 valence electrons. The quantitative estimate of drug-likeness (QED) is 0.772. The predicted molar refractivity (Wildman–Crippen MR) is 59.3 cm³/mol. The molecule has 0 radical (unpaired) electrons. The molecular weight excluding hydrogens is 204 g/mol. The first-order valence-electron chi connectivity index (χ1n) is 5.96. The molecular formula is C12H16N2O2. The summed E-state index contributed by atoms with van der Waals surface area (Å²) in [5.74, 6) is 1.57. The smallest absolute Gasteiger partial charge is 0.289 e. The Bertz CT molecular complexity index is 382. The zero-order chi connectivity index (χ0) is 11.0. The molecule has 0 atom stereocenters. The van der Waals surface area contributed by atoms with Crippen LogP contribution in [0.25, 0.3) is 0 Å². The van der Waals surface area contributed by atoms with Crippen LogP contribution in [0.2, 0.25) is 0 Å². The zero-order valence-electron chi connectivity index (χ0n) is 9.29. The van der Waals surface area contributed by atoms with Crippen molar-refractivity contribution in [2.45, 2.75) is 25.8 Å². The standard InChI is InChI=1S/C12H16N2O2/c15-12(14-5-1-2-6-14)11-7-9-8-13-4-3-10(9)16-11/h7,13H,1-6,8H2. The van der Waals surface area contributed by atoms with Gasteiger partial charge < -0.3 is 14.6 Å². The fraction of sp³-hybridized carbons (Fsp3) is 0.583. The molecule has 0 aromatic carbocycles. The highest BCUT2D eigenvalue weighted by Crippen LogP contribution is 2.21. The molecule has 0 spiro atoms. The molecule has 16 heavy (non-hydrogen) atoms. The van der Waals surface area contributed by atoms with Crippen LogP contribution in [0, 0.1) is 0 Å². The Kier molecular flexibility index (Phi) is 2.44. The maximum absolute atomic E-state index is 12.1. The maximum atomic E-state index is 12.1. The third kappa shape index (κ3) is 1.63. The van der Waals surface area contributed by atoms with E-state index in [2.05, 4.69) is 5.32 Å². The fourth-order valence-electron chi connectivity index (χ4n) is 2.43. The lowest BCUT2D eigenvalue weighted by Gasteiger charge is -2.12. The minimum Gasteiger partial charge on any atom is -0.456 e. The van der Waals surface area contributed by atoms with Crippen LogP contribution in [-0.2, 0) is 13.0 Å². The molecule has 0 saturated carbocycles. The van der Waals surface area contributed by atoms with Crippen molar-refractivity contribution in [2.24, 2.45) is 0 Å². The van der Waals surface area contributed by atoms with Gasteiger partial charge in [0.25, 0.3) is 5.91 Å². The molecule has 1 saturated heterocycles. The lowest BCUT2D eigenvalue weighted by atomic mass is 10.1. The lowest BCUT2D eigenvalue weighted by molar-refractivity contribution is 0.0759. The first-order chi connectivity index (χ1) is 7.84. The second-order valence-electron chi connectivity index (χ2n) is 4.49. The van der Waals surface area contributed by atoms with Gasteiger partial charge in [-0.05, 0) is 18.9 Å². The summed E-state index contributed by atoms with van der Waals surface area (Å²) in [4.78, 5) is 14.0. The molecule has 1 aromatic rings. The van der Waals surface area contributed by atoms with Crippen LogP contribution in [0.3, 0.4) is 0 Å². The molecule has 0 aliphatic carbocycles. The molecule has 1 amide bonds. The van der Waals surface area contributed by atoms with E-state index < -0.39 is 0 Å². The van der Waals surface area contributed by atoms with Gasteiger partial charge in [0.05, 0.1) is 0 Å². The Morgan fingerprint density at radius 3 is 2.94 bits per heavy atom. The van der Waals surface area contributed by atoms with E-state index >= 15 is 0 Å². The maximum Gasteiger partial charge on any atom is 0.289 e. The van der Waals surface area contributed by atoms with Gasteiger partial charge in [-0.1, -0.05) is 0 Å².